The lowest BCUT2D eigenvalue weighted by atomic mass is 10.0. The number of carbonyl (C=O) groups is 2. The minimum Gasteiger partial charge on any atom is -0.486 e. The molecule has 3 N–H and O–H groups in total. The van der Waals surface area contributed by atoms with Crippen LogP contribution in [0.5, 0.6) is 5.75 Å². The number of amides is 2. The Morgan fingerprint density at radius 2 is 1.92 bits per heavy atom. The van der Waals surface area contributed by atoms with Gasteiger partial charge in [0.05, 0.1) is 24.7 Å². The van der Waals surface area contributed by atoms with Gasteiger partial charge >= 0.3 is 6.09 Å². The Kier molecular flexibility index (Phi) is 4.85. The first-order valence-electron chi connectivity index (χ1n) is 8.67. The van der Waals surface area contributed by atoms with Crippen LogP contribution >= 0.6 is 0 Å². The van der Waals surface area contributed by atoms with Crippen LogP contribution in [0.2, 0.25) is 0 Å². The standard InChI is InChI=1S/C18H25N3O4/c1-11(2)15(19)17(22)20-9-8-13-16(20)14(10-21(13)18(23)24)25-12-6-4-3-5-7-12/h3-7,11,13-16H,8-10,19H2,1-2H3,(H,23,24)/t13-,14+,15+,16+/m1/s1. The number of carboxylic acid groups (broad SMARTS) is 1. The van der Waals surface area contributed by atoms with Gasteiger partial charge in [-0.3, -0.25) is 9.69 Å². The number of para-hydroxylation sites is 1. The molecule has 2 aliphatic heterocycles. The van der Waals surface area contributed by atoms with Crippen LogP contribution in [0.3, 0.4) is 0 Å². The summed E-state index contributed by atoms with van der Waals surface area (Å²) in [6.45, 7) is 4.58. The van der Waals surface area contributed by atoms with Crippen molar-refractivity contribution >= 4 is 12.0 Å². The van der Waals surface area contributed by atoms with Gasteiger partial charge in [0.15, 0.2) is 0 Å². The van der Waals surface area contributed by atoms with Gasteiger partial charge in [0.2, 0.25) is 5.91 Å². The average molecular weight is 347 g/mol. The molecule has 3 rings (SSSR count). The smallest absolute Gasteiger partial charge is 0.407 e. The van der Waals surface area contributed by atoms with Crippen LogP contribution in [0.15, 0.2) is 30.3 Å². The molecule has 2 saturated heterocycles. The van der Waals surface area contributed by atoms with E-state index in [9.17, 15) is 14.7 Å². The van der Waals surface area contributed by atoms with Crippen LogP contribution < -0.4 is 10.5 Å². The fraction of sp³-hybridized carbons (Fsp3) is 0.556. The summed E-state index contributed by atoms with van der Waals surface area (Å²) in [5, 5.41) is 9.51. The van der Waals surface area contributed by atoms with Crippen molar-refractivity contribution in [2.24, 2.45) is 11.7 Å². The van der Waals surface area contributed by atoms with Crippen molar-refractivity contribution in [3.8, 4) is 5.75 Å². The molecule has 1 aromatic rings. The van der Waals surface area contributed by atoms with Gasteiger partial charge in [-0.25, -0.2) is 4.79 Å². The lowest BCUT2D eigenvalue weighted by Crippen LogP contribution is -2.53. The zero-order chi connectivity index (χ0) is 18.1. The molecule has 0 aromatic heterocycles. The van der Waals surface area contributed by atoms with E-state index < -0.39 is 18.2 Å². The van der Waals surface area contributed by atoms with Crippen LogP contribution in [0.4, 0.5) is 4.79 Å². The summed E-state index contributed by atoms with van der Waals surface area (Å²) >= 11 is 0. The topological polar surface area (TPSA) is 96.1 Å². The van der Waals surface area contributed by atoms with E-state index in [0.29, 0.717) is 18.7 Å². The van der Waals surface area contributed by atoms with Crippen LogP contribution in [0.25, 0.3) is 0 Å². The second kappa shape index (κ2) is 6.92. The summed E-state index contributed by atoms with van der Waals surface area (Å²) < 4.78 is 6.05. The maximum atomic E-state index is 12.8. The highest BCUT2D eigenvalue weighted by atomic mass is 16.5. The van der Waals surface area contributed by atoms with Crippen molar-refractivity contribution in [1.29, 1.82) is 0 Å². The SMILES string of the molecule is CC(C)[C@H](N)C(=O)N1CC[C@@H]2[C@H]1[C@@H](Oc1ccccc1)CN2C(=O)O. The zero-order valence-corrected chi connectivity index (χ0v) is 14.5. The van der Waals surface area contributed by atoms with Gasteiger partial charge in [-0.2, -0.15) is 0 Å². The number of hydrogen-bond acceptors (Lipinski definition) is 4. The van der Waals surface area contributed by atoms with E-state index in [4.69, 9.17) is 10.5 Å². The molecule has 25 heavy (non-hydrogen) atoms. The monoisotopic (exact) mass is 347 g/mol. The fourth-order valence-electron chi connectivity index (χ4n) is 3.76. The highest BCUT2D eigenvalue weighted by Gasteiger charge is 2.53. The summed E-state index contributed by atoms with van der Waals surface area (Å²) in [5.41, 5.74) is 6.05. The summed E-state index contributed by atoms with van der Waals surface area (Å²) in [4.78, 5) is 27.5. The molecule has 2 heterocycles. The quantitative estimate of drug-likeness (QED) is 0.858. The number of rotatable bonds is 4. The Morgan fingerprint density at radius 1 is 1.24 bits per heavy atom. The molecule has 0 radical (unpaired) electrons. The molecular weight excluding hydrogens is 322 g/mol. The van der Waals surface area contributed by atoms with Gasteiger partial charge in [0.1, 0.15) is 11.9 Å². The van der Waals surface area contributed by atoms with Crippen molar-refractivity contribution in [2.75, 3.05) is 13.1 Å². The normalized spacial score (nSPS) is 26.6. The molecule has 2 amide bonds. The minimum atomic E-state index is -0.975. The lowest BCUT2D eigenvalue weighted by molar-refractivity contribution is -0.135. The number of fused-ring (bicyclic) bond motifs is 1. The average Bonchev–Trinajstić information content (AvgIpc) is 3.15. The molecule has 2 aliphatic rings. The molecule has 2 fully saturated rings. The predicted octanol–water partition coefficient (Wildman–Crippen LogP) is 1.38. The van der Waals surface area contributed by atoms with E-state index in [2.05, 4.69) is 0 Å². The van der Waals surface area contributed by atoms with Crippen molar-refractivity contribution in [3.05, 3.63) is 30.3 Å². The van der Waals surface area contributed by atoms with Gasteiger partial charge < -0.3 is 20.5 Å². The lowest BCUT2D eigenvalue weighted by Gasteiger charge is -2.31. The van der Waals surface area contributed by atoms with Gasteiger partial charge in [-0.15, -0.1) is 0 Å². The molecule has 4 atom stereocenters. The van der Waals surface area contributed by atoms with Gasteiger partial charge in [0.25, 0.3) is 0 Å². The van der Waals surface area contributed by atoms with E-state index in [1.54, 1.807) is 4.90 Å². The van der Waals surface area contributed by atoms with Crippen LogP contribution in [-0.4, -0.2) is 64.2 Å². The first kappa shape index (κ1) is 17.5. The molecule has 136 valence electrons. The third-order valence-corrected chi connectivity index (χ3v) is 5.14. The fourth-order valence-corrected chi connectivity index (χ4v) is 3.76. The Labute approximate surface area is 147 Å². The van der Waals surface area contributed by atoms with Crippen molar-refractivity contribution in [2.45, 2.75) is 44.5 Å². The summed E-state index contributed by atoms with van der Waals surface area (Å²) in [6.07, 6.45) is -0.756. The largest absolute Gasteiger partial charge is 0.486 e. The Balaban J connectivity index is 1.84. The maximum absolute atomic E-state index is 12.8. The van der Waals surface area contributed by atoms with Crippen LogP contribution in [-0.2, 0) is 4.79 Å². The highest BCUT2D eigenvalue weighted by molar-refractivity contribution is 5.83. The Morgan fingerprint density at radius 3 is 2.52 bits per heavy atom. The number of likely N-dealkylation sites (tertiary alicyclic amines) is 2. The number of hydrogen-bond donors (Lipinski definition) is 2. The van der Waals surface area contributed by atoms with Gasteiger partial charge in [-0.1, -0.05) is 32.0 Å². The molecule has 0 saturated carbocycles. The number of carbonyl (C=O) groups excluding carboxylic acids is 1. The summed E-state index contributed by atoms with van der Waals surface area (Å²) in [7, 11) is 0. The maximum Gasteiger partial charge on any atom is 0.407 e. The first-order valence-corrected chi connectivity index (χ1v) is 8.67. The number of ether oxygens (including phenoxy) is 1. The molecule has 0 spiro atoms. The van der Waals surface area contributed by atoms with Gasteiger partial charge in [-0.05, 0) is 24.5 Å². The number of benzene rings is 1. The summed E-state index contributed by atoms with van der Waals surface area (Å²) in [5.74, 6) is 0.569. The molecule has 0 unspecified atom stereocenters. The minimum absolute atomic E-state index is 0.0250. The predicted molar refractivity (Wildman–Crippen MR) is 92.3 cm³/mol. The van der Waals surface area contributed by atoms with Crippen LogP contribution in [0.1, 0.15) is 20.3 Å². The molecule has 7 heteroatoms. The van der Waals surface area contributed by atoms with Crippen LogP contribution in [0, 0.1) is 5.92 Å². The third kappa shape index (κ3) is 3.28. The van der Waals surface area contributed by atoms with E-state index in [0.717, 1.165) is 0 Å². The second-order valence-electron chi connectivity index (χ2n) is 7.05. The van der Waals surface area contributed by atoms with Crippen molar-refractivity contribution in [3.63, 3.8) is 0 Å². The third-order valence-electron chi connectivity index (χ3n) is 5.14. The Bertz CT molecular complexity index is 636. The van der Waals surface area contributed by atoms with E-state index in [-0.39, 0.29) is 30.5 Å². The number of nitrogens with zero attached hydrogens (tertiary/aromatic N) is 2. The molecular formula is C18H25N3O4. The van der Waals surface area contributed by atoms with E-state index in [1.807, 2.05) is 44.2 Å². The van der Waals surface area contributed by atoms with E-state index >= 15 is 0 Å². The van der Waals surface area contributed by atoms with E-state index in [1.165, 1.54) is 4.90 Å². The zero-order valence-electron chi connectivity index (χ0n) is 14.5. The molecule has 7 nitrogen and oxygen atoms in total. The highest BCUT2D eigenvalue weighted by Crippen LogP contribution is 2.34. The van der Waals surface area contributed by atoms with Crippen molar-refractivity contribution < 1.29 is 19.4 Å². The molecule has 0 bridgehead atoms. The van der Waals surface area contributed by atoms with Gasteiger partial charge in [0, 0.05) is 6.54 Å². The molecule has 0 aliphatic carbocycles. The van der Waals surface area contributed by atoms with Crippen molar-refractivity contribution in [1.82, 2.24) is 9.80 Å². The first-order chi connectivity index (χ1) is 11.9. The molecule has 1 aromatic carbocycles. The second-order valence-corrected chi connectivity index (χ2v) is 7.05. The number of nitrogens with two attached hydrogens (primary N) is 1. The Hall–Kier alpha value is -2.28. The summed E-state index contributed by atoms with van der Waals surface area (Å²) in [6, 6.07) is 8.16.